The quantitative estimate of drug-likeness (QED) is 0.727. The third kappa shape index (κ3) is 1.89. The van der Waals surface area contributed by atoms with Crippen molar-refractivity contribution in [2.75, 3.05) is 0 Å². The van der Waals surface area contributed by atoms with Crippen LogP contribution in [0.5, 0.6) is 11.6 Å². The zero-order chi connectivity index (χ0) is 11.7. The van der Waals surface area contributed by atoms with Crippen molar-refractivity contribution in [3.8, 4) is 11.6 Å². The molecule has 0 radical (unpaired) electrons. The summed E-state index contributed by atoms with van der Waals surface area (Å²) in [5.74, 6) is 1.44. The smallest absolute Gasteiger partial charge is 0.207 e. The minimum Gasteiger partial charge on any atom is -0.439 e. The average Bonchev–Trinajstić information content (AvgIpc) is 2.81. The Balaban J connectivity index is 2.06. The Hall–Kier alpha value is -1.88. The van der Waals surface area contributed by atoms with Gasteiger partial charge in [-0.2, -0.15) is 0 Å². The number of rotatable bonds is 2. The number of hydrogen-bond acceptors (Lipinski definition) is 3. The van der Waals surface area contributed by atoms with Gasteiger partial charge in [0.2, 0.25) is 5.88 Å². The van der Waals surface area contributed by atoms with Crippen LogP contribution in [0.4, 0.5) is 0 Å². The molecule has 0 unspecified atom stereocenters. The number of nitrogens with zero attached hydrogens (tertiary/aromatic N) is 3. The van der Waals surface area contributed by atoms with Gasteiger partial charge in [-0.1, -0.05) is 18.2 Å². The van der Waals surface area contributed by atoms with Crippen LogP contribution in [0, 0.1) is 0 Å². The molecule has 0 spiro atoms. The maximum absolute atomic E-state index is 5.82. The number of halogens is 1. The third-order valence-corrected chi connectivity index (χ3v) is 3.00. The molecule has 3 aromatic rings. The molecule has 3 rings (SSSR count). The van der Waals surface area contributed by atoms with E-state index in [1.54, 1.807) is 10.7 Å². The molecule has 0 atom stereocenters. The van der Waals surface area contributed by atoms with Crippen molar-refractivity contribution in [3.63, 3.8) is 0 Å². The fourth-order valence-corrected chi connectivity index (χ4v) is 1.91. The van der Waals surface area contributed by atoms with Crippen molar-refractivity contribution in [2.45, 2.75) is 0 Å². The van der Waals surface area contributed by atoms with E-state index >= 15 is 0 Å². The van der Waals surface area contributed by atoms with Gasteiger partial charge in [-0.05, 0) is 40.2 Å². The second-order valence-corrected chi connectivity index (χ2v) is 4.31. The van der Waals surface area contributed by atoms with Gasteiger partial charge in [0.05, 0.1) is 4.47 Å². The second kappa shape index (κ2) is 4.18. The van der Waals surface area contributed by atoms with Gasteiger partial charge >= 0.3 is 0 Å². The van der Waals surface area contributed by atoms with Crippen LogP contribution in [0.15, 0.2) is 53.3 Å². The van der Waals surface area contributed by atoms with Crippen LogP contribution in [-0.2, 0) is 0 Å². The van der Waals surface area contributed by atoms with Crippen LogP contribution in [0.3, 0.4) is 0 Å². The Morgan fingerprint density at radius 2 is 1.94 bits per heavy atom. The fraction of sp³-hybridized carbons (Fsp3) is 0. The van der Waals surface area contributed by atoms with Gasteiger partial charge in [0.1, 0.15) is 12.1 Å². The van der Waals surface area contributed by atoms with E-state index in [1.165, 1.54) is 0 Å². The van der Waals surface area contributed by atoms with E-state index < -0.39 is 0 Å². The van der Waals surface area contributed by atoms with E-state index in [-0.39, 0.29) is 0 Å². The highest BCUT2D eigenvalue weighted by Gasteiger charge is 2.05. The lowest BCUT2D eigenvalue weighted by atomic mass is 10.3. The molecule has 0 aliphatic carbocycles. The van der Waals surface area contributed by atoms with Gasteiger partial charge in [-0.25, -0.2) is 0 Å². The first-order valence-electron chi connectivity index (χ1n) is 5.06. The van der Waals surface area contributed by atoms with Crippen molar-refractivity contribution in [1.82, 2.24) is 14.6 Å². The first kappa shape index (κ1) is 10.3. The van der Waals surface area contributed by atoms with Gasteiger partial charge in [0.25, 0.3) is 0 Å². The number of hydrogen-bond donors (Lipinski definition) is 0. The Bertz CT molecular complexity index is 665. The molecule has 0 saturated heterocycles. The van der Waals surface area contributed by atoms with Crippen LogP contribution >= 0.6 is 15.9 Å². The predicted molar refractivity (Wildman–Crippen MR) is 67.2 cm³/mol. The first-order valence-corrected chi connectivity index (χ1v) is 5.85. The van der Waals surface area contributed by atoms with Crippen molar-refractivity contribution in [1.29, 1.82) is 0 Å². The lowest BCUT2D eigenvalue weighted by Crippen LogP contribution is -1.92. The summed E-state index contributed by atoms with van der Waals surface area (Å²) in [7, 11) is 0. The molecule has 2 aromatic heterocycles. The lowest BCUT2D eigenvalue weighted by molar-refractivity contribution is 0.453. The highest BCUT2D eigenvalue weighted by atomic mass is 79.9. The van der Waals surface area contributed by atoms with Gasteiger partial charge in [0, 0.05) is 0 Å². The molecular formula is C12H8BrN3O. The van der Waals surface area contributed by atoms with Crippen LogP contribution in [0.1, 0.15) is 0 Å². The molecule has 0 amide bonds. The van der Waals surface area contributed by atoms with Crippen molar-refractivity contribution in [3.05, 3.63) is 53.3 Å². The number of para-hydroxylation sites is 1. The zero-order valence-electron chi connectivity index (χ0n) is 8.75. The zero-order valence-corrected chi connectivity index (χ0v) is 10.3. The van der Waals surface area contributed by atoms with Crippen LogP contribution in [-0.4, -0.2) is 14.6 Å². The minimum atomic E-state index is 0.680. The summed E-state index contributed by atoms with van der Waals surface area (Å²) in [5, 5.41) is 7.81. The summed E-state index contributed by atoms with van der Waals surface area (Å²) in [6.45, 7) is 0. The van der Waals surface area contributed by atoms with Gasteiger partial charge in [-0.15, -0.1) is 10.2 Å². The van der Waals surface area contributed by atoms with E-state index in [4.69, 9.17) is 4.74 Å². The summed E-state index contributed by atoms with van der Waals surface area (Å²) in [4.78, 5) is 0. The van der Waals surface area contributed by atoms with Crippen LogP contribution < -0.4 is 4.74 Å². The van der Waals surface area contributed by atoms with E-state index in [2.05, 4.69) is 26.1 Å². The molecule has 0 fully saturated rings. The number of benzene rings is 1. The maximum Gasteiger partial charge on any atom is 0.207 e. The summed E-state index contributed by atoms with van der Waals surface area (Å²) in [5.41, 5.74) is 0.759. The molecule has 17 heavy (non-hydrogen) atoms. The number of ether oxygens (including phenoxy) is 1. The molecule has 0 bridgehead atoms. The molecule has 0 aliphatic heterocycles. The molecule has 4 nitrogen and oxygen atoms in total. The van der Waals surface area contributed by atoms with Crippen molar-refractivity contribution in [2.24, 2.45) is 0 Å². The Labute approximate surface area is 106 Å². The molecule has 2 heterocycles. The Kier molecular flexibility index (Phi) is 2.53. The Morgan fingerprint density at radius 1 is 1.06 bits per heavy atom. The Morgan fingerprint density at radius 3 is 2.82 bits per heavy atom. The first-order chi connectivity index (χ1) is 8.34. The standard InChI is InChI=1S/C12H8BrN3O/c13-9-4-1-2-5-10(9)17-12-7-3-6-11-15-14-8-16(11)12/h1-8H. The second-order valence-electron chi connectivity index (χ2n) is 3.46. The predicted octanol–water partition coefficient (Wildman–Crippen LogP) is 3.28. The molecule has 5 heteroatoms. The summed E-state index contributed by atoms with van der Waals surface area (Å²) in [6, 6.07) is 13.3. The van der Waals surface area contributed by atoms with Crippen molar-refractivity contribution >= 4 is 21.6 Å². The fourth-order valence-electron chi connectivity index (χ4n) is 1.55. The molecule has 0 N–H and O–H groups in total. The summed E-state index contributed by atoms with van der Waals surface area (Å²) in [6.07, 6.45) is 1.63. The molecule has 1 aromatic carbocycles. The molecule has 84 valence electrons. The number of fused-ring (bicyclic) bond motifs is 1. The maximum atomic E-state index is 5.82. The largest absolute Gasteiger partial charge is 0.439 e. The highest BCUT2D eigenvalue weighted by molar-refractivity contribution is 9.10. The van der Waals surface area contributed by atoms with Gasteiger partial charge < -0.3 is 4.74 Å². The van der Waals surface area contributed by atoms with E-state index in [9.17, 15) is 0 Å². The van der Waals surface area contributed by atoms with Crippen molar-refractivity contribution < 1.29 is 4.74 Å². The molecule has 0 saturated carbocycles. The topological polar surface area (TPSA) is 39.4 Å². The van der Waals surface area contributed by atoms with Crippen LogP contribution in [0.25, 0.3) is 5.65 Å². The van der Waals surface area contributed by atoms with Crippen LogP contribution in [0.2, 0.25) is 0 Å². The van der Waals surface area contributed by atoms with Gasteiger partial charge in [0.15, 0.2) is 5.65 Å². The normalized spacial score (nSPS) is 10.6. The summed E-state index contributed by atoms with van der Waals surface area (Å²) >= 11 is 3.44. The number of pyridine rings is 1. The molecule has 0 aliphatic rings. The van der Waals surface area contributed by atoms with Gasteiger partial charge in [-0.3, -0.25) is 4.40 Å². The summed E-state index contributed by atoms with van der Waals surface area (Å²) < 4.78 is 8.52. The third-order valence-electron chi connectivity index (χ3n) is 2.35. The van der Waals surface area contributed by atoms with E-state index in [0.29, 0.717) is 5.88 Å². The van der Waals surface area contributed by atoms with E-state index in [0.717, 1.165) is 15.9 Å². The van der Waals surface area contributed by atoms with E-state index in [1.807, 2.05) is 42.5 Å². The SMILES string of the molecule is Brc1ccccc1Oc1cccc2nncn12. The monoisotopic (exact) mass is 289 g/mol. The highest BCUT2D eigenvalue weighted by Crippen LogP contribution is 2.29. The minimum absolute atomic E-state index is 0.680. The lowest BCUT2D eigenvalue weighted by Gasteiger charge is -2.08. The number of aromatic nitrogens is 3. The molecular weight excluding hydrogens is 282 g/mol. The average molecular weight is 290 g/mol.